The third-order valence-electron chi connectivity index (χ3n) is 1.80. The molecule has 0 atom stereocenters. The number of pyridine rings is 1. The summed E-state index contributed by atoms with van der Waals surface area (Å²) in [7, 11) is 0. The number of halogens is 2. The molecule has 0 aromatic carbocycles. The maximum Gasteiger partial charge on any atom is 0.301 e. The van der Waals surface area contributed by atoms with Gasteiger partial charge in [-0.15, -0.1) is 0 Å². The number of carbonyl (C=O) groups is 1. The van der Waals surface area contributed by atoms with E-state index in [0.29, 0.717) is 6.07 Å². The highest BCUT2D eigenvalue weighted by molar-refractivity contribution is 5.95. The van der Waals surface area contributed by atoms with Crippen molar-refractivity contribution in [2.24, 2.45) is 5.73 Å². The molecular weight excluding hydrogens is 238 g/mol. The quantitative estimate of drug-likeness (QED) is 0.622. The molecule has 0 spiro atoms. The molecule has 1 amide bonds. The van der Waals surface area contributed by atoms with E-state index in [1.807, 2.05) is 0 Å². The molecule has 0 unspecified atom stereocenters. The summed E-state index contributed by atoms with van der Waals surface area (Å²) in [5.74, 6) is -1.27. The second-order valence-electron chi connectivity index (χ2n) is 2.83. The summed E-state index contributed by atoms with van der Waals surface area (Å²) in [6, 6.07) is 1.74. The Balaban J connectivity index is 3.61. The van der Waals surface area contributed by atoms with Crippen LogP contribution in [0.1, 0.15) is 28.2 Å². The lowest BCUT2D eigenvalue weighted by Gasteiger charge is -2.04. The van der Waals surface area contributed by atoms with Gasteiger partial charge in [-0.2, -0.15) is 5.26 Å². The molecule has 1 aromatic heterocycles. The zero-order valence-electron chi connectivity index (χ0n) is 8.05. The van der Waals surface area contributed by atoms with Crippen molar-refractivity contribution in [3.63, 3.8) is 0 Å². The fourth-order valence-corrected chi connectivity index (χ4v) is 1.09. The average Bonchev–Trinajstić information content (AvgIpc) is 2.26. The van der Waals surface area contributed by atoms with Crippen LogP contribution in [-0.4, -0.2) is 15.8 Å². The van der Waals surface area contributed by atoms with E-state index in [2.05, 4.69) is 4.98 Å². The van der Waals surface area contributed by atoms with Crippen LogP contribution in [0.25, 0.3) is 0 Å². The Morgan fingerprint density at radius 2 is 2.24 bits per heavy atom. The lowest BCUT2D eigenvalue weighted by Crippen LogP contribution is -2.17. The standard InChI is InChI=1S/C8H4F2N4O3/c9-7(10)3-1-5(14(16)17)6(8(12)15)13-4(3)2-11/h1,7H,(H2,12,15). The molecule has 9 heteroatoms. The summed E-state index contributed by atoms with van der Waals surface area (Å²) >= 11 is 0. The maximum atomic E-state index is 12.5. The van der Waals surface area contributed by atoms with Crippen LogP contribution in [0.15, 0.2) is 6.07 Å². The zero-order chi connectivity index (χ0) is 13.2. The van der Waals surface area contributed by atoms with Crippen molar-refractivity contribution in [3.05, 3.63) is 33.1 Å². The summed E-state index contributed by atoms with van der Waals surface area (Å²) in [6.07, 6.45) is -3.11. The SMILES string of the molecule is N#Cc1nc(C(N)=O)c([N+](=O)[O-])cc1C(F)F. The highest BCUT2D eigenvalue weighted by Gasteiger charge is 2.26. The van der Waals surface area contributed by atoms with Gasteiger partial charge in [0.2, 0.25) is 5.69 Å². The fraction of sp³-hybridized carbons (Fsp3) is 0.125. The first-order valence-corrected chi connectivity index (χ1v) is 4.05. The number of hydrogen-bond donors (Lipinski definition) is 1. The van der Waals surface area contributed by atoms with Gasteiger partial charge in [0.25, 0.3) is 12.3 Å². The van der Waals surface area contributed by atoms with Gasteiger partial charge in [0.05, 0.1) is 10.5 Å². The van der Waals surface area contributed by atoms with Gasteiger partial charge in [-0.3, -0.25) is 14.9 Å². The molecule has 0 aliphatic rings. The fourth-order valence-electron chi connectivity index (χ4n) is 1.09. The largest absolute Gasteiger partial charge is 0.364 e. The second kappa shape index (κ2) is 4.48. The van der Waals surface area contributed by atoms with Crippen LogP contribution in [0.2, 0.25) is 0 Å². The maximum absolute atomic E-state index is 12.5. The van der Waals surface area contributed by atoms with Crippen LogP contribution in [0.3, 0.4) is 0 Å². The van der Waals surface area contributed by atoms with E-state index in [1.165, 1.54) is 6.07 Å². The minimum atomic E-state index is -3.11. The molecule has 1 rings (SSSR count). The molecule has 1 heterocycles. The molecular formula is C8H4F2N4O3. The Bertz CT molecular complexity index is 538. The minimum Gasteiger partial charge on any atom is -0.364 e. The van der Waals surface area contributed by atoms with Crippen LogP contribution < -0.4 is 5.73 Å². The minimum absolute atomic E-state index is 0.427. The number of nitriles is 1. The number of aromatic nitrogens is 1. The number of nitrogens with zero attached hydrogens (tertiary/aromatic N) is 3. The molecule has 0 bridgehead atoms. The predicted octanol–water partition coefficient (Wildman–Crippen LogP) is 0.898. The van der Waals surface area contributed by atoms with E-state index in [-0.39, 0.29) is 0 Å². The number of amides is 1. The van der Waals surface area contributed by atoms with Gasteiger partial charge in [0.15, 0.2) is 5.69 Å². The first-order valence-electron chi connectivity index (χ1n) is 4.05. The van der Waals surface area contributed by atoms with Gasteiger partial charge < -0.3 is 5.73 Å². The number of nitrogens with two attached hydrogens (primary N) is 1. The lowest BCUT2D eigenvalue weighted by atomic mass is 10.1. The van der Waals surface area contributed by atoms with Crippen LogP contribution in [0.5, 0.6) is 0 Å². The van der Waals surface area contributed by atoms with E-state index in [4.69, 9.17) is 11.0 Å². The molecule has 2 N–H and O–H groups in total. The summed E-state index contributed by atoms with van der Waals surface area (Å²) in [5.41, 5.74) is 1.35. The van der Waals surface area contributed by atoms with Gasteiger partial charge >= 0.3 is 5.69 Å². The van der Waals surface area contributed by atoms with Crippen molar-refractivity contribution < 1.29 is 18.5 Å². The van der Waals surface area contributed by atoms with E-state index in [1.54, 1.807) is 0 Å². The van der Waals surface area contributed by atoms with Crippen molar-refractivity contribution in [2.45, 2.75) is 6.43 Å². The third-order valence-corrected chi connectivity index (χ3v) is 1.80. The van der Waals surface area contributed by atoms with Crippen LogP contribution in [0, 0.1) is 21.4 Å². The second-order valence-corrected chi connectivity index (χ2v) is 2.83. The van der Waals surface area contributed by atoms with Crippen LogP contribution in [-0.2, 0) is 0 Å². The number of primary amides is 1. The number of rotatable bonds is 3. The summed E-state index contributed by atoms with van der Waals surface area (Å²) in [5, 5.41) is 19.1. The van der Waals surface area contributed by atoms with Crippen molar-refractivity contribution in [3.8, 4) is 6.07 Å². The number of nitro groups is 1. The van der Waals surface area contributed by atoms with Crippen LogP contribution >= 0.6 is 0 Å². The molecule has 0 saturated heterocycles. The normalized spacial score (nSPS) is 10.0. The number of hydrogen-bond acceptors (Lipinski definition) is 5. The smallest absolute Gasteiger partial charge is 0.301 e. The summed E-state index contributed by atoms with van der Waals surface area (Å²) in [6.45, 7) is 0. The first kappa shape index (κ1) is 12.4. The average molecular weight is 242 g/mol. The summed E-state index contributed by atoms with van der Waals surface area (Å²) < 4.78 is 24.9. The van der Waals surface area contributed by atoms with E-state index < -0.39 is 39.9 Å². The number of alkyl halides is 2. The van der Waals surface area contributed by atoms with Gasteiger partial charge in [-0.05, 0) is 0 Å². The van der Waals surface area contributed by atoms with Gasteiger partial charge in [-0.1, -0.05) is 0 Å². The Kier molecular flexibility index (Phi) is 3.28. The Morgan fingerprint density at radius 1 is 1.65 bits per heavy atom. The van der Waals surface area contributed by atoms with Crippen molar-refractivity contribution >= 4 is 11.6 Å². The van der Waals surface area contributed by atoms with E-state index in [0.717, 1.165) is 0 Å². The Morgan fingerprint density at radius 3 is 2.59 bits per heavy atom. The Labute approximate surface area is 92.6 Å². The molecule has 0 radical (unpaired) electrons. The van der Waals surface area contributed by atoms with Gasteiger partial charge in [-0.25, -0.2) is 13.8 Å². The monoisotopic (exact) mass is 242 g/mol. The van der Waals surface area contributed by atoms with Gasteiger partial charge in [0, 0.05) is 6.07 Å². The summed E-state index contributed by atoms with van der Waals surface area (Å²) in [4.78, 5) is 23.5. The molecule has 0 aliphatic carbocycles. The van der Waals surface area contributed by atoms with Crippen molar-refractivity contribution in [1.82, 2.24) is 4.98 Å². The molecule has 7 nitrogen and oxygen atoms in total. The first-order chi connectivity index (χ1) is 7.88. The highest BCUT2D eigenvalue weighted by atomic mass is 19.3. The lowest BCUT2D eigenvalue weighted by molar-refractivity contribution is -0.385. The highest BCUT2D eigenvalue weighted by Crippen LogP contribution is 2.27. The van der Waals surface area contributed by atoms with Crippen LogP contribution in [0.4, 0.5) is 14.5 Å². The topological polar surface area (TPSA) is 123 Å². The Hall–Kier alpha value is -2.63. The molecule has 1 aromatic rings. The predicted molar refractivity (Wildman–Crippen MR) is 49.1 cm³/mol. The molecule has 0 saturated carbocycles. The molecule has 88 valence electrons. The number of carbonyl (C=O) groups excluding carboxylic acids is 1. The molecule has 0 aliphatic heterocycles. The third kappa shape index (κ3) is 2.31. The zero-order valence-corrected chi connectivity index (χ0v) is 8.05. The van der Waals surface area contributed by atoms with Gasteiger partial charge in [0.1, 0.15) is 6.07 Å². The molecule has 17 heavy (non-hydrogen) atoms. The van der Waals surface area contributed by atoms with E-state index in [9.17, 15) is 23.7 Å². The van der Waals surface area contributed by atoms with Crippen molar-refractivity contribution in [1.29, 1.82) is 5.26 Å². The van der Waals surface area contributed by atoms with Crippen molar-refractivity contribution in [2.75, 3.05) is 0 Å². The van der Waals surface area contributed by atoms with E-state index >= 15 is 0 Å². The molecule has 0 fully saturated rings.